The Balaban J connectivity index is 1.58. The van der Waals surface area contributed by atoms with Crippen LogP contribution in [0.2, 0.25) is 0 Å². The van der Waals surface area contributed by atoms with E-state index in [9.17, 15) is 9.59 Å². The largest absolute Gasteiger partial charge is 0.347 e. The summed E-state index contributed by atoms with van der Waals surface area (Å²) in [6, 6.07) is 17.2. The van der Waals surface area contributed by atoms with Crippen molar-refractivity contribution in [2.75, 3.05) is 11.9 Å². The van der Waals surface area contributed by atoms with Crippen molar-refractivity contribution in [2.45, 2.75) is 19.8 Å². The lowest BCUT2D eigenvalue weighted by molar-refractivity contribution is -0.136. The maximum atomic E-state index is 12.1. The molecule has 3 aromatic rings. The molecule has 5 nitrogen and oxygen atoms in total. The fourth-order valence-corrected chi connectivity index (χ4v) is 2.76. The Bertz CT molecular complexity index is 953. The number of nitrogens with zero attached hydrogens (tertiary/aromatic N) is 1. The number of aromatic nitrogens is 1. The molecule has 1 atom stereocenters. The van der Waals surface area contributed by atoms with E-state index in [4.69, 9.17) is 0 Å². The van der Waals surface area contributed by atoms with Crippen molar-refractivity contribution in [1.82, 2.24) is 10.3 Å². The molecule has 0 bridgehead atoms. The number of carbonyl (C=O) groups is 2. The van der Waals surface area contributed by atoms with Crippen LogP contribution < -0.4 is 10.6 Å². The molecule has 0 aliphatic carbocycles. The number of hydrogen-bond donors (Lipinski definition) is 2. The molecule has 132 valence electrons. The summed E-state index contributed by atoms with van der Waals surface area (Å²) >= 11 is 0. The fraction of sp³-hybridized carbons (Fsp3) is 0.190. The average Bonchev–Trinajstić information content (AvgIpc) is 2.65. The topological polar surface area (TPSA) is 71.1 Å². The number of aryl methyl sites for hydroxylation is 1. The van der Waals surface area contributed by atoms with Crippen molar-refractivity contribution in [1.29, 1.82) is 0 Å². The summed E-state index contributed by atoms with van der Waals surface area (Å²) in [5.41, 5.74) is 3.70. The number of carbonyl (C=O) groups excluding carboxylic acids is 2. The first-order valence-corrected chi connectivity index (χ1v) is 8.53. The van der Waals surface area contributed by atoms with Gasteiger partial charge in [-0.15, -0.1) is 0 Å². The molecule has 1 heterocycles. The van der Waals surface area contributed by atoms with Gasteiger partial charge in [-0.05, 0) is 42.7 Å². The van der Waals surface area contributed by atoms with Gasteiger partial charge in [0.15, 0.2) is 0 Å². The minimum atomic E-state index is -0.676. The molecule has 0 saturated heterocycles. The van der Waals surface area contributed by atoms with Gasteiger partial charge in [-0.25, -0.2) is 0 Å². The molecular formula is C21H21N3O2. The van der Waals surface area contributed by atoms with Crippen LogP contribution in [0, 0.1) is 6.92 Å². The third-order valence-electron chi connectivity index (χ3n) is 4.25. The fourth-order valence-electron chi connectivity index (χ4n) is 2.76. The molecule has 2 amide bonds. The summed E-state index contributed by atoms with van der Waals surface area (Å²) in [4.78, 5) is 28.4. The van der Waals surface area contributed by atoms with E-state index in [1.807, 2.05) is 50.2 Å². The first kappa shape index (κ1) is 17.6. The van der Waals surface area contributed by atoms with E-state index in [0.717, 1.165) is 16.5 Å². The highest BCUT2D eigenvalue weighted by Gasteiger charge is 2.15. The maximum Gasteiger partial charge on any atom is 0.313 e. The monoisotopic (exact) mass is 347 g/mol. The van der Waals surface area contributed by atoms with Gasteiger partial charge < -0.3 is 10.6 Å². The van der Waals surface area contributed by atoms with E-state index in [2.05, 4.69) is 21.7 Å². The lowest BCUT2D eigenvalue weighted by Crippen LogP contribution is -2.37. The quantitative estimate of drug-likeness (QED) is 0.711. The number of benzene rings is 2. The van der Waals surface area contributed by atoms with Crippen molar-refractivity contribution in [2.24, 2.45) is 0 Å². The highest BCUT2D eigenvalue weighted by molar-refractivity contribution is 6.39. The first-order chi connectivity index (χ1) is 12.5. The molecule has 2 aromatic carbocycles. The smallest absolute Gasteiger partial charge is 0.313 e. The molecule has 2 N–H and O–H groups in total. The van der Waals surface area contributed by atoms with E-state index >= 15 is 0 Å². The standard InChI is InChI=1S/C21H21N3O2/c1-14-5-3-6-16(11-14)15(2)13-23-20(25)21(26)24-18-8-9-19-17(12-18)7-4-10-22-19/h3-12,15H,13H2,1-2H3,(H,23,25)(H,24,26). The highest BCUT2D eigenvalue weighted by Crippen LogP contribution is 2.17. The van der Waals surface area contributed by atoms with Gasteiger partial charge in [-0.1, -0.05) is 42.8 Å². The Labute approximate surface area is 152 Å². The SMILES string of the molecule is Cc1cccc(C(C)CNC(=O)C(=O)Nc2ccc3ncccc3c2)c1. The first-order valence-electron chi connectivity index (χ1n) is 8.53. The van der Waals surface area contributed by atoms with Crippen LogP contribution in [0.5, 0.6) is 0 Å². The second kappa shape index (κ2) is 7.78. The Kier molecular flexibility index (Phi) is 5.27. The number of hydrogen-bond acceptors (Lipinski definition) is 3. The Morgan fingerprint density at radius 1 is 1.04 bits per heavy atom. The summed E-state index contributed by atoms with van der Waals surface area (Å²) in [5, 5.41) is 6.22. The van der Waals surface area contributed by atoms with Crippen molar-refractivity contribution in [3.63, 3.8) is 0 Å². The molecule has 0 spiro atoms. The van der Waals surface area contributed by atoms with Crippen LogP contribution in [0.1, 0.15) is 24.0 Å². The van der Waals surface area contributed by atoms with E-state index in [1.54, 1.807) is 18.3 Å². The lowest BCUT2D eigenvalue weighted by Gasteiger charge is -2.13. The number of rotatable bonds is 4. The highest BCUT2D eigenvalue weighted by atomic mass is 16.2. The van der Waals surface area contributed by atoms with Gasteiger partial charge >= 0.3 is 11.8 Å². The van der Waals surface area contributed by atoms with E-state index in [1.165, 1.54) is 5.56 Å². The Morgan fingerprint density at radius 3 is 2.69 bits per heavy atom. The number of nitrogens with one attached hydrogen (secondary N) is 2. The molecule has 1 aromatic heterocycles. The zero-order chi connectivity index (χ0) is 18.5. The number of fused-ring (bicyclic) bond motifs is 1. The molecule has 0 radical (unpaired) electrons. The van der Waals surface area contributed by atoms with Crippen LogP contribution in [0.15, 0.2) is 60.8 Å². The zero-order valence-electron chi connectivity index (χ0n) is 14.8. The molecule has 26 heavy (non-hydrogen) atoms. The van der Waals surface area contributed by atoms with Gasteiger partial charge in [0.2, 0.25) is 0 Å². The molecule has 0 saturated carbocycles. The van der Waals surface area contributed by atoms with Crippen molar-refractivity contribution >= 4 is 28.4 Å². The normalized spacial score (nSPS) is 11.8. The minimum absolute atomic E-state index is 0.124. The molecule has 5 heteroatoms. The van der Waals surface area contributed by atoms with Crippen LogP contribution >= 0.6 is 0 Å². The minimum Gasteiger partial charge on any atom is -0.347 e. The van der Waals surface area contributed by atoms with Crippen molar-refractivity contribution < 1.29 is 9.59 Å². The molecule has 1 unspecified atom stereocenters. The third kappa shape index (κ3) is 4.25. The van der Waals surface area contributed by atoms with Gasteiger partial charge in [0.1, 0.15) is 0 Å². The lowest BCUT2D eigenvalue weighted by atomic mass is 9.99. The number of anilines is 1. The van der Waals surface area contributed by atoms with Crippen LogP contribution in [0.4, 0.5) is 5.69 Å². The van der Waals surface area contributed by atoms with Crippen LogP contribution in [0.3, 0.4) is 0 Å². The van der Waals surface area contributed by atoms with Gasteiger partial charge in [0.25, 0.3) is 0 Å². The van der Waals surface area contributed by atoms with Crippen molar-refractivity contribution in [3.8, 4) is 0 Å². The zero-order valence-corrected chi connectivity index (χ0v) is 14.8. The Hall–Kier alpha value is -3.21. The van der Waals surface area contributed by atoms with Crippen LogP contribution in [0.25, 0.3) is 10.9 Å². The van der Waals surface area contributed by atoms with Gasteiger partial charge in [0.05, 0.1) is 5.52 Å². The summed E-state index contributed by atoms with van der Waals surface area (Å²) in [6.45, 7) is 4.45. The summed E-state index contributed by atoms with van der Waals surface area (Å²) in [6.07, 6.45) is 1.71. The predicted molar refractivity (Wildman–Crippen MR) is 103 cm³/mol. The molecule has 0 aliphatic heterocycles. The van der Waals surface area contributed by atoms with Gasteiger partial charge in [-0.2, -0.15) is 0 Å². The number of pyridine rings is 1. The molecule has 0 aliphatic rings. The summed E-state index contributed by atoms with van der Waals surface area (Å²) in [7, 11) is 0. The average molecular weight is 347 g/mol. The van der Waals surface area contributed by atoms with Gasteiger partial charge in [0, 0.05) is 23.8 Å². The molecule has 0 fully saturated rings. The van der Waals surface area contributed by atoms with E-state index < -0.39 is 11.8 Å². The van der Waals surface area contributed by atoms with E-state index in [0.29, 0.717) is 12.2 Å². The summed E-state index contributed by atoms with van der Waals surface area (Å²) in [5.74, 6) is -1.20. The van der Waals surface area contributed by atoms with Crippen LogP contribution in [-0.2, 0) is 9.59 Å². The maximum absolute atomic E-state index is 12.1. The van der Waals surface area contributed by atoms with Crippen molar-refractivity contribution in [3.05, 3.63) is 71.9 Å². The number of amides is 2. The van der Waals surface area contributed by atoms with E-state index in [-0.39, 0.29) is 5.92 Å². The Morgan fingerprint density at radius 2 is 1.88 bits per heavy atom. The molecule has 3 rings (SSSR count). The van der Waals surface area contributed by atoms with Gasteiger partial charge in [-0.3, -0.25) is 14.6 Å². The molecular weight excluding hydrogens is 326 g/mol. The van der Waals surface area contributed by atoms with Crippen LogP contribution in [-0.4, -0.2) is 23.3 Å². The predicted octanol–water partition coefficient (Wildman–Crippen LogP) is 3.40. The second-order valence-electron chi connectivity index (χ2n) is 6.39. The second-order valence-corrected chi connectivity index (χ2v) is 6.39. The summed E-state index contributed by atoms with van der Waals surface area (Å²) < 4.78 is 0. The third-order valence-corrected chi connectivity index (χ3v) is 4.25.